The molecule has 2 aliphatic heterocycles. The lowest BCUT2D eigenvalue weighted by molar-refractivity contribution is 0.0160. The van der Waals surface area contributed by atoms with Crippen LogP contribution >= 0.6 is 0 Å². The van der Waals surface area contributed by atoms with Gasteiger partial charge in [-0.25, -0.2) is 4.79 Å². The third-order valence-electron chi connectivity index (χ3n) is 4.69. The first kappa shape index (κ1) is 17.5. The van der Waals surface area contributed by atoms with Crippen LogP contribution in [0.15, 0.2) is 0 Å². The minimum Gasteiger partial charge on any atom is -0.444 e. The minimum absolute atomic E-state index is 0.150. The molecule has 2 saturated heterocycles. The molecule has 0 unspecified atom stereocenters. The molecule has 0 saturated carbocycles. The third kappa shape index (κ3) is 5.43. The Hall–Kier alpha value is -0.810. The predicted octanol–water partition coefficient (Wildman–Crippen LogP) is 2.27. The Morgan fingerprint density at radius 2 is 1.55 bits per heavy atom. The Bertz CT molecular complexity index is 351. The Kier molecular flexibility index (Phi) is 6.09. The summed E-state index contributed by atoms with van der Waals surface area (Å²) in [4.78, 5) is 19.1. The number of likely N-dealkylation sites (tertiary alicyclic amines) is 1. The second kappa shape index (κ2) is 7.64. The molecule has 1 amide bonds. The van der Waals surface area contributed by atoms with Crippen molar-refractivity contribution in [3.8, 4) is 0 Å². The summed E-state index contributed by atoms with van der Waals surface area (Å²) in [7, 11) is 0. The minimum atomic E-state index is -0.396. The first-order chi connectivity index (χ1) is 10.4. The quantitative estimate of drug-likeness (QED) is 0.801. The van der Waals surface area contributed by atoms with Crippen LogP contribution in [0.25, 0.3) is 0 Å². The molecule has 0 spiro atoms. The molecule has 2 fully saturated rings. The van der Waals surface area contributed by atoms with Gasteiger partial charge in [-0.3, -0.25) is 0 Å². The van der Waals surface area contributed by atoms with Crippen LogP contribution in [-0.4, -0.2) is 78.8 Å². The molecular formula is C17H33N3O2. The SMILES string of the molecule is CCN1CCN(CC2CCN(C(=O)OC(C)(C)C)CC2)CC1. The van der Waals surface area contributed by atoms with Gasteiger partial charge in [-0.2, -0.15) is 0 Å². The van der Waals surface area contributed by atoms with Gasteiger partial charge in [-0.05, 0) is 46.1 Å². The molecular weight excluding hydrogens is 278 g/mol. The van der Waals surface area contributed by atoms with Crippen LogP contribution in [0.2, 0.25) is 0 Å². The lowest BCUT2D eigenvalue weighted by atomic mass is 9.96. The number of ether oxygens (including phenoxy) is 1. The molecule has 5 heteroatoms. The van der Waals surface area contributed by atoms with E-state index in [1.54, 1.807) is 0 Å². The van der Waals surface area contributed by atoms with Gasteiger partial charge in [0, 0.05) is 45.8 Å². The van der Waals surface area contributed by atoms with Crippen LogP contribution in [0.1, 0.15) is 40.5 Å². The van der Waals surface area contributed by atoms with Gasteiger partial charge >= 0.3 is 6.09 Å². The molecule has 0 atom stereocenters. The van der Waals surface area contributed by atoms with E-state index in [-0.39, 0.29) is 6.09 Å². The Morgan fingerprint density at radius 3 is 2.05 bits per heavy atom. The lowest BCUT2D eigenvalue weighted by Crippen LogP contribution is -2.49. The molecule has 2 aliphatic rings. The van der Waals surface area contributed by atoms with Crippen molar-refractivity contribution in [3.05, 3.63) is 0 Å². The number of piperidine rings is 1. The molecule has 0 N–H and O–H groups in total. The molecule has 0 aromatic carbocycles. The van der Waals surface area contributed by atoms with E-state index in [9.17, 15) is 4.79 Å². The molecule has 2 rings (SSSR count). The van der Waals surface area contributed by atoms with E-state index >= 15 is 0 Å². The van der Waals surface area contributed by atoms with Gasteiger partial charge in [0.15, 0.2) is 0 Å². The Morgan fingerprint density at radius 1 is 1.00 bits per heavy atom. The molecule has 0 bridgehead atoms. The molecule has 0 aliphatic carbocycles. The van der Waals surface area contributed by atoms with Gasteiger partial charge in [0.1, 0.15) is 5.60 Å². The first-order valence-electron chi connectivity index (χ1n) is 8.80. The second-order valence-electron chi connectivity index (χ2n) is 7.65. The fraction of sp³-hybridized carbons (Fsp3) is 0.941. The number of piperazine rings is 1. The average Bonchev–Trinajstić information content (AvgIpc) is 2.47. The van der Waals surface area contributed by atoms with E-state index in [2.05, 4.69) is 16.7 Å². The van der Waals surface area contributed by atoms with Crippen molar-refractivity contribution in [2.45, 2.75) is 46.1 Å². The van der Waals surface area contributed by atoms with Crippen LogP contribution in [0, 0.1) is 5.92 Å². The second-order valence-corrected chi connectivity index (χ2v) is 7.65. The van der Waals surface area contributed by atoms with Crippen LogP contribution in [0.3, 0.4) is 0 Å². The highest BCUT2D eigenvalue weighted by Gasteiger charge is 2.28. The zero-order valence-corrected chi connectivity index (χ0v) is 14.8. The smallest absolute Gasteiger partial charge is 0.410 e. The number of rotatable bonds is 3. The van der Waals surface area contributed by atoms with E-state index in [1.165, 1.54) is 39.3 Å². The summed E-state index contributed by atoms with van der Waals surface area (Å²) < 4.78 is 5.46. The van der Waals surface area contributed by atoms with Crippen molar-refractivity contribution < 1.29 is 9.53 Å². The van der Waals surface area contributed by atoms with Gasteiger partial charge in [-0.15, -0.1) is 0 Å². The molecule has 2 heterocycles. The van der Waals surface area contributed by atoms with Gasteiger partial charge < -0.3 is 19.4 Å². The van der Waals surface area contributed by atoms with E-state index in [4.69, 9.17) is 4.74 Å². The number of carbonyl (C=O) groups excluding carboxylic acids is 1. The number of nitrogens with zero attached hydrogens (tertiary/aromatic N) is 3. The molecule has 5 nitrogen and oxygen atoms in total. The van der Waals surface area contributed by atoms with Crippen LogP contribution in [-0.2, 0) is 4.74 Å². The van der Waals surface area contributed by atoms with Gasteiger partial charge in [0.05, 0.1) is 0 Å². The fourth-order valence-corrected chi connectivity index (χ4v) is 3.28. The van der Waals surface area contributed by atoms with Gasteiger partial charge in [0.25, 0.3) is 0 Å². The highest BCUT2D eigenvalue weighted by atomic mass is 16.6. The van der Waals surface area contributed by atoms with Crippen molar-refractivity contribution in [3.63, 3.8) is 0 Å². The number of amides is 1. The van der Waals surface area contributed by atoms with Crippen LogP contribution in [0.4, 0.5) is 4.79 Å². The van der Waals surface area contributed by atoms with E-state index in [0.29, 0.717) is 0 Å². The summed E-state index contributed by atoms with van der Waals surface area (Å²) in [6.45, 7) is 16.8. The highest BCUT2D eigenvalue weighted by molar-refractivity contribution is 5.68. The lowest BCUT2D eigenvalue weighted by Gasteiger charge is -2.38. The van der Waals surface area contributed by atoms with Crippen molar-refractivity contribution in [2.24, 2.45) is 5.92 Å². The van der Waals surface area contributed by atoms with Crippen LogP contribution in [0.5, 0.6) is 0 Å². The van der Waals surface area contributed by atoms with Crippen LogP contribution < -0.4 is 0 Å². The summed E-state index contributed by atoms with van der Waals surface area (Å²) in [5.74, 6) is 0.729. The summed E-state index contributed by atoms with van der Waals surface area (Å²) in [5.41, 5.74) is -0.396. The van der Waals surface area contributed by atoms with Crippen molar-refractivity contribution >= 4 is 6.09 Å². The van der Waals surface area contributed by atoms with Crippen molar-refractivity contribution in [1.82, 2.24) is 14.7 Å². The van der Waals surface area contributed by atoms with E-state index in [1.807, 2.05) is 25.7 Å². The maximum Gasteiger partial charge on any atom is 0.410 e. The predicted molar refractivity (Wildman–Crippen MR) is 89.1 cm³/mol. The Balaban J connectivity index is 1.68. The van der Waals surface area contributed by atoms with E-state index < -0.39 is 5.60 Å². The standard InChI is InChI=1S/C17H33N3O2/c1-5-18-10-12-19(13-11-18)14-15-6-8-20(9-7-15)16(21)22-17(2,3)4/h15H,5-14H2,1-4H3. The fourth-order valence-electron chi connectivity index (χ4n) is 3.28. The largest absolute Gasteiger partial charge is 0.444 e. The maximum absolute atomic E-state index is 12.1. The van der Waals surface area contributed by atoms with Gasteiger partial charge in [0.2, 0.25) is 0 Å². The van der Waals surface area contributed by atoms with Gasteiger partial charge in [-0.1, -0.05) is 6.92 Å². The molecule has 0 radical (unpaired) electrons. The summed E-state index contributed by atoms with van der Waals surface area (Å²) in [5, 5.41) is 0. The van der Waals surface area contributed by atoms with Crippen molar-refractivity contribution in [1.29, 1.82) is 0 Å². The van der Waals surface area contributed by atoms with Crippen molar-refractivity contribution in [2.75, 3.05) is 52.4 Å². The number of hydrogen-bond donors (Lipinski definition) is 0. The highest BCUT2D eigenvalue weighted by Crippen LogP contribution is 2.21. The molecule has 128 valence electrons. The molecule has 22 heavy (non-hydrogen) atoms. The summed E-state index contributed by atoms with van der Waals surface area (Å²) in [6.07, 6.45) is 2.06. The summed E-state index contributed by atoms with van der Waals surface area (Å²) in [6, 6.07) is 0. The molecule has 0 aromatic heterocycles. The Labute approximate surface area is 135 Å². The zero-order chi connectivity index (χ0) is 16.2. The topological polar surface area (TPSA) is 36.0 Å². The monoisotopic (exact) mass is 311 g/mol. The molecule has 0 aromatic rings. The number of likely N-dealkylation sites (N-methyl/N-ethyl adjacent to an activating group) is 1. The number of carbonyl (C=O) groups is 1. The average molecular weight is 311 g/mol. The van der Waals surface area contributed by atoms with E-state index in [0.717, 1.165) is 31.8 Å². The zero-order valence-electron chi connectivity index (χ0n) is 14.8. The first-order valence-corrected chi connectivity index (χ1v) is 8.80. The third-order valence-corrected chi connectivity index (χ3v) is 4.69. The number of hydrogen-bond acceptors (Lipinski definition) is 4. The summed E-state index contributed by atoms with van der Waals surface area (Å²) >= 11 is 0. The normalized spacial score (nSPS) is 22.8. The maximum atomic E-state index is 12.1.